The first-order valence-corrected chi connectivity index (χ1v) is 48.6. The lowest BCUT2D eigenvalue weighted by Gasteiger charge is -2.29. The van der Waals surface area contributed by atoms with Crippen molar-refractivity contribution in [1.82, 2.24) is 9.13 Å². The number of benzene rings is 24. The van der Waals surface area contributed by atoms with Crippen LogP contribution in [0.4, 0.5) is 34.1 Å². The Kier molecular flexibility index (Phi) is 20.2. The molecule has 0 aliphatic carbocycles. The zero-order valence-corrected chi connectivity index (χ0v) is 77.4. The van der Waals surface area contributed by atoms with Gasteiger partial charge in [-0.15, -0.1) is 0 Å². The summed E-state index contributed by atoms with van der Waals surface area (Å²) in [7, 11) is 0. The number of furan rings is 2. The van der Waals surface area contributed by atoms with E-state index in [0.29, 0.717) is 0 Å². The molecule has 0 amide bonds. The van der Waals surface area contributed by atoms with Crippen molar-refractivity contribution < 1.29 is 8.83 Å². The summed E-state index contributed by atoms with van der Waals surface area (Å²) in [5.74, 6) is 0. The summed E-state index contributed by atoms with van der Waals surface area (Å²) in [6, 6.07) is 193. The van der Waals surface area contributed by atoms with Crippen molar-refractivity contribution in [3.63, 3.8) is 0 Å². The predicted molar refractivity (Wildman–Crippen MR) is 599 cm³/mol. The summed E-state index contributed by atoms with van der Waals surface area (Å²) in [6.45, 7) is 0. The van der Waals surface area contributed by atoms with Gasteiger partial charge in [0.15, 0.2) is 0 Å². The first-order valence-electron chi connectivity index (χ1n) is 48.6. The van der Waals surface area contributed by atoms with Crippen molar-refractivity contribution in [2.24, 2.45) is 0 Å². The van der Waals surface area contributed by atoms with E-state index in [2.05, 4.69) is 541 Å². The van der Waals surface area contributed by atoms with Crippen molar-refractivity contribution in [1.29, 1.82) is 0 Å². The summed E-state index contributed by atoms with van der Waals surface area (Å²) >= 11 is 0. The molecule has 0 saturated carbocycles. The fourth-order valence-corrected chi connectivity index (χ4v) is 22.2. The zero-order chi connectivity index (χ0) is 93.7. The van der Waals surface area contributed by atoms with Crippen LogP contribution in [0.15, 0.2) is 543 Å². The molecule has 0 radical (unpaired) electrons. The molecule has 6 heteroatoms. The fourth-order valence-electron chi connectivity index (χ4n) is 22.2. The molecule has 0 aliphatic heterocycles. The van der Waals surface area contributed by atoms with Crippen LogP contribution in [0.2, 0.25) is 0 Å². The smallest absolute Gasteiger partial charge is 0.136 e. The molecule has 6 nitrogen and oxygen atoms in total. The van der Waals surface area contributed by atoms with Gasteiger partial charge in [0.2, 0.25) is 0 Å². The molecule has 24 aromatic carbocycles. The molecule has 0 bridgehead atoms. The number of nitrogens with zero attached hydrogens (tertiary/aromatic N) is 4. The lowest BCUT2D eigenvalue weighted by molar-refractivity contribution is 0.668. The van der Waals surface area contributed by atoms with Crippen molar-refractivity contribution >= 4 is 165 Å². The highest BCUT2D eigenvalue weighted by molar-refractivity contribution is 6.19. The summed E-state index contributed by atoms with van der Waals surface area (Å²) in [6.07, 6.45) is 0. The van der Waals surface area contributed by atoms with E-state index in [1.165, 1.54) is 126 Å². The van der Waals surface area contributed by atoms with E-state index < -0.39 is 0 Å². The van der Waals surface area contributed by atoms with Crippen LogP contribution in [-0.2, 0) is 0 Å². The maximum Gasteiger partial charge on any atom is 0.136 e. The lowest BCUT2D eigenvalue weighted by atomic mass is 9.93. The Morgan fingerprint density at radius 2 is 0.430 bits per heavy atom. The molecule has 0 atom stereocenters. The second-order valence-corrected chi connectivity index (χ2v) is 36.8. The quantitative estimate of drug-likeness (QED) is 0.0904. The molecule has 0 saturated heterocycles. The van der Waals surface area contributed by atoms with Gasteiger partial charge in [-0.1, -0.05) is 376 Å². The van der Waals surface area contributed by atoms with E-state index in [0.717, 1.165) is 139 Å². The average Bonchev–Trinajstić information content (AvgIpc) is 1.26. The van der Waals surface area contributed by atoms with Crippen LogP contribution >= 0.6 is 0 Å². The van der Waals surface area contributed by atoms with Crippen molar-refractivity contribution in [3.8, 4) is 100 Å². The molecule has 4 aromatic heterocycles. The normalized spacial score (nSPS) is 11.7. The third-order valence-corrected chi connectivity index (χ3v) is 28.8. The molecule has 664 valence electrons. The SMILES string of the molecule is c1cc(-c2ccc(N(c3ccc(-c4cc5ccccc5c5ccccc45)cc3)c3ccccc3-c3cccc4oc5ccccc5c34)cc2)cc(-c2ccc(-n3c4ccccc4c4ccccc43)cc2)c1.c1cc(-c2ccc(N(c3cccc(-c4cc5ccccc5c5ccccc45)c3)c3ccccc3-c3cccc4oc5ccccc5c34)cc2)cc(-c2ccc(-n3c4ccccc4c4ccccc43)cc2)c1. The summed E-state index contributed by atoms with van der Waals surface area (Å²) in [5, 5.41) is 19.5. The first-order chi connectivity index (χ1) is 70.4. The van der Waals surface area contributed by atoms with Gasteiger partial charge in [0.1, 0.15) is 22.3 Å². The van der Waals surface area contributed by atoms with Crippen molar-refractivity contribution in [2.75, 3.05) is 9.80 Å². The molecule has 0 fully saturated rings. The number of hydrogen-bond donors (Lipinski definition) is 0. The Balaban J connectivity index is 0.000000142. The minimum Gasteiger partial charge on any atom is -0.456 e. The standard InChI is InChI=1S/2C68H44N2O/c1-2-21-54-50(16-1)44-62(56-23-4-3-22-55(54)56)49-19-14-20-53(43-49)69(63-29-9-7-26-59(63)60-28-15-33-67-68(60)61-27-8-12-32-66(61)71-67)51-38-34-45(35-39-51)47-17-13-18-48(42-47)46-36-40-52(41-37-46)70-64-30-10-5-24-57(64)58-25-6-11-31-65(58)70;1-2-18-54-50(15-1)44-62(56-20-4-3-19-55(54)56)47-35-41-52(42-36-47)69(63-26-9-7-23-59(63)60-25-14-30-67-68(60)61-24-8-12-29-66(61)71-67)51-37-31-45(32-38-51)48-16-13-17-49(43-48)46-33-39-53(40-34-46)70-64-27-10-5-21-57(64)58-22-6-11-28-65(58)70/h2*1-44H. The summed E-state index contributed by atoms with van der Waals surface area (Å²) in [4.78, 5) is 4.82. The van der Waals surface area contributed by atoms with Crippen LogP contribution in [0.25, 0.3) is 231 Å². The number of aromatic nitrogens is 2. The number of rotatable bonds is 16. The minimum absolute atomic E-state index is 0.876. The maximum absolute atomic E-state index is 6.44. The lowest BCUT2D eigenvalue weighted by Crippen LogP contribution is -2.11. The van der Waals surface area contributed by atoms with Crippen LogP contribution in [0.5, 0.6) is 0 Å². The number of fused-ring (bicyclic) bond motifs is 18. The predicted octanol–water partition coefficient (Wildman–Crippen LogP) is 38.3. The zero-order valence-electron chi connectivity index (χ0n) is 77.4. The highest BCUT2D eigenvalue weighted by Crippen LogP contribution is 2.51. The van der Waals surface area contributed by atoms with E-state index >= 15 is 0 Å². The van der Waals surface area contributed by atoms with Gasteiger partial charge in [0.05, 0.1) is 33.4 Å². The largest absolute Gasteiger partial charge is 0.456 e. The second kappa shape index (κ2) is 34.7. The molecule has 0 spiro atoms. The van der Waals surface area contributed by atoms with Gasteiger partial charge in [-0.05, 0) is 279 Å². The highest BCUT2D eigenvalue weighted by Gasteiger charge is 2.26. The van der Waals surface area contributed by atoms with Crippen LogP contribution in [0.3, 0.4) is 0 Å². The minimum atomic E-state index is 0.876. The van der Waals surface area contributed by atoms with Gasteiger partial charge < -0.3 is 27.8 Å². The third kappa shape index (κ3) is 14.3. The molecule has 28 aromatic rings. The topological polar surface area (TPSA) is 42.6 Å². The molecular formula is C136H88N4O2. The van der Waals surface area contributed by atoms with Crippen molar-refractivity contribution in [3.05, 3.63) is 534 Å². The molecule has 28 rings (SSSR count). The summed E-state index contributed by atoms with van der Waals surface area (Å²) in [5.41, 5.74) is 35.7. The fraction of sp³-hybridized carbons (Fsp3) is 0. The number of para-hydroxylation sites is 8. The monoisotopic (exact) mass is 1810 g/mol. The maximum atomic E-state index is 6.44. The molecule has 4 heterocycles. The third-order valence-electron chi connectivity index (χ3n) is 28.8. The first kappa shape index (κ1) is 82.6. The van der Waals surface area contributed by atoms with Gasteiger partial charge in [-0.3, -0.25) is 0 Å². The van der Waals surface area contributed by atoms with Crippen LogP contribution < -0.4 is 9.80 Å². The van der Waals surface area contributed by atoms with Crippen LogP contribution in [0, 0.1) is 0 Å². The Morgan fingerprint density at radius 3 is 0.838 bits per heavy atom. The Labute approximate surface area is 820 Å². The van der Waals surface area contributed by atoms with E-state index in [1.807, 2.05) is 12.1 Å². The Hall–Kier alpha value is -18.9. The summed E-state index contributed by atoms with van der Waals surface area (Å²) < 4.78 is 17.6. The van der Waals surface area contributed by atoms with Gasteiger partial charge in [0.25, 0.3) is 0 Å². The Morgan fingerprint density at radius 1 is 0.148 bits per heavy atom. The van der Waals surface area contributed by atoms with E-state index in [-0.39, 0.29) is 0 Å². The highest BCUT2D eigenvalue weighted by atomic mass is 16.3. The van der Waals surface area contributed by atoms with Crippen molar-refractivity contribution in [2.45, 2.75) is 0 Å². The molecule has 0 aliphatic rings. The molecule has 0 unspecified atom stereocenters. The molecular weight excluding hydrogens is 1720 g/mol. The number of hydrogen-bond acceptors (Lipinski definition) is 4. The molecule has 0 N–H and O–H groups in total. The number of anilines is 6. The Bertz CT molecular complexity index is 9700. The van der Waals surface area contributed by atoms with E-state index in [9.17, 15) is 0 Å². The van der Waals surface area contributed by atoms with E-state index in [4.69, 9.17) is 8.83 Å². The average molecular weight is 1810 g/mol. The van der Waals surface area contributed by atoms with Gasteiger partial charge in [0, 0.05) is 88.3 Å². The van der Waals surface area contributed by atoms with Crippen LogP contribution in [-0.4, -0.2) is 9.13 Å². The van der Waals surface area contributed by atoms with Gasteiger partial charge in [-0.25, -0.2) is 0 Å². The molecule has 142 heavy (non-hydrogen) atoms. The van der Waals surface area contributed by atoms with E-state index in [1.54, 1.807) is 0 Å². The second-order valence-electron chi connectivity index (χ2n) is 36.8. The van der Waals surface area contributed by atoms with Crippen LogP contribution in [0.1, 0.15) is 0 Å². The van der Waals surface area contributed by atoms with Gasteiger partial charge >= 0.3 is 0 Å². The van der Waals surface area contributed by atoms with Gasteiger partial charge in [-0.2, -0.15) is 0 Å².